The minimum Gasteiger partial charge on any atom is -0.497 e. The van der Waals surface area contributed by atoms with Gasteiger partial charge in [0.05, 0.1) is 20.3 Å². The van der Waals surface area contributed by atoms with Crippen molar-refractivity contribution in [3.05, 3.63) is 29.8 Å². The Labute approximate surface area is 109 Å². The Morgan fingerprint density at radius 1 is 1.24 bits per heavy atom. The lowest BCUT2D eigenvalue weighted by atomic mass is 9.71. The van der Waals surface area contributed by atoms with Gasteiger partial charge in [-0.25, -0.2) is 0 Å². The zero-order valence-corrected chi connectivity index (χ0v) is 11.2. The van der Waals surface area contributed by atoms with Gasteiger partial charge in [0.1, 0.15) is 5.75 Å². The summed E-state index contributed by atoms with van der Waals surface area (Å²) in [6, 6.07) is 8.03. The number of ether oxygens (including phenoxy) is 2. The summed E-state index contributed by atoms with van der Waals surface area (Å²) in [5.74, 6) is 1.83. The largest absolute Gasteiger partial charge is 0.497 e. The second-order valence-electron chi connectivity index (χ2n) is 4.85. The van der Waals surface area contributed by atoms with Crippen molar-refractivity contribution in [2.75, 3.05) is 19.5 Å². The molecule has 2 rings (SSSR count). The summed E-state index contributed by atoms with van der Waals surface area (Å²) in [5, 5.41) is 0. The van der Waals surface area contributed by atoms with Gasteiger partial charge < -0.3 is 9.47 Å². The molecule has 1 saturated carbocycles. The first-order valence-corrected chi connectivity index (χ1v) is 6.73. The van der Waals surface area contributed by atoms with Crippen LogP contribution in [-0.4, -0.2) is 19.5 Å². The van der Waals surface area contributed by atoms with E-state index in [1.54, 1.807) is 7.11 Å². The molecule has 0 spiro atoms. The van der Waals surface area contributed by atoms with Crippen molar-refractivity contribution >= 4 is 12.6 Å². The van der Waals surface area contributed by atoms with Gasteiger partial charge in [0.25, 0.3) is 0 Å². The molecule has 2 nitrogen and oxygen atoms in total. The topological polar surface area (TPSA) is 18.5 Å². The standard InChI is InChI=1S/C14H20O2S/c1-15-13-5-3-12(4-6-13)9-16-10-14(11-17)7-2-8-14/h3-6,17H,2,7-11H2,1H3. The molecule has 3 heteroatoms. The number of benzene rings is 1. The van der Waals surface area contributed by atoms with E-state index in [4.69, 9.17) is 9.47 Å². The van der Waals surface area contributed by atoms with E-state index in [9.17, 15) is 0 Å². The lowest BCUT2D eigenvalue weighted by Gasteiger charge is -2.40. The Morgan fingerprint density at radius 3 is 2.41 bits per heavy atom. The molecular weight excluding hydrogens is 232 g/mol. The van der Waals surface area contributed by atoms with Gasteiger partial charge in [0.15, 0.2) is 0 Å². The van der Waals surface area contributed by atoms with Crippen LogP contribution in [0.25, 0.3) is 0 Å². The highest BCUT2D eigenvalue weighted by Crippen LogP contribution is 2.42. The fourth-order valence-electron chi connectivity index (χ4n) is 2.13. The molecular formula is C14H20O2S. The fourth-order valence-corrected chi connectivity index (χ4v) is 2.54. The maximum Gasteiger partial charge on any atom is 0.118 e. The predicted octanol–water partition coefficient (Wildman–Crippen LogP) is 3.31. The maximum absolute atomic E-state index is 5.80. The second-order valence-corrected chi connectivity index (χ2v) is 5.17. The molecule has 0 N–H and O–H groups in total. The molecule has 0 bridgehead atoms. The first-order valence-electron chi connectivity index (χ1n) is 6.10. The Balaban J connectivity index is 1.77. The van der Waals surface area contributed by atoms with E-state index in [2.05, 4.69) is 12.6 Å². The molecule has 1 aliphatic carbocycles. The molecule has 0 heterocycles. The molecule has 1 aromatic rings. The lowest BCUT2D eigenvalue weighted by Crippen LogP contribution is -2.36. The first kappa shape index (κ1) is 12.8. The van der Waals surface area contributed by atoms with Gasteiger partial charge in [-0.1, -0.05) is 18.6 Å². The highest BCUT2D eigenvalue weighted by atomic mass is 32.1. The van der Waals surface area contributed by atoms with Crippen LogP contribution in [-0.2, 0) is 11.3 Å². The second kappa shape index (κ2) is 5.78. The van der Waals surface area contributed by atoms with Crippen LogP contribution < -0.4 is 4.74 Å². The van der Waals surface area contributed by atoms with Gasteiger partial charge in [-0.05, 0) is 36.3 Å². The summed E-state index contributed by atoms with van der Waals surface area (Å²) >= 11 is 4.42. The summed E-state index contributed by atoms with van der Waals surface area (Å²) in [5.41, 5.74) is 1.55. The molecule has 1 aromatic carbocycles. The quantitative estimate of drug-likeness (QED) is 0.783. The monoisotopic (exact) mass is 252 g/mol. The van der Waals surface area contributed by atoms with E-state index >= 15 is 0 Å². The van der Waals surface area contributed by atoms with Crippen LogP contribution in [0.2, 0.25) is 0 Å². The molecule has 0 atom stereocenters. The molecule has 0 aromatic heterocycles. The van der Waals surface area contributed by atoms with E-state index < -0.39 is 0 Å². The molecule has 0 saturated heterocycles. The van der Waals surface area contributed by atoms with Gasteiger partial charge >= 0.3 is 0 Å². The highest BCUT2D eigenvalue weighted by molar-refractivity contribution is 7.80. The van der Waals surface area contributed by atoms with Crippen LogP contribution in [0.1, 0.15) is 24.8 Å². The smallest absolute Gasteiger partial charge is 0.118 e. The summed E-state index contributed by atoms with van der Waals surface area (Å²) < 4.78 is 10.9. The number of methoxy groups -OCH3 is 1. The summed E-state index contributed by atoms with van der Waals surface area (Å²) in [4.78, 5) is 0. The average Bonchev–Trinajstić information content (AvgIpc) is 2.33. The van der Waals surface area contributed by atoms with Gasteiger partial charge in [-0.3, -0.25) is 0 Å². The van der Waals surface area contributed by atoms with Crippen molar-refractivity contribution in [2.45, 2.75) is 25.9 Å². The maximum atomic E-state index is 5.80. The third-order valence-corrected chi connectivity index (χ3v) is 4.26. The molecule has 17 heavy (non-hydrogen) atoms. The zero-order valence-electron chi connectivity index (χ0n) is 10.3. The minimum atomic E-state index is 0.357. The average molecular weight is 252 g/mol. The van der Waals surface area contributed by atoms with Crippen LogP contribution >= 0.6 is 12.6 Å². The normalized spacial score (nSPS) is 17.5. The van der Waals surface area contributed by atoms with E-state index in [-0.39, 0.29) is 0 Å². The van der Waals surface area contributed by atoms with Crippen molar-refractivity contribution in [2.24, 2.45) is 5.41 Å². The number of hydrogen-bond donors (Lipinski definition) is 1. The van der Waals surface area contributed by atoms with E-state index in [1.165, 1.54) is 24.8 Å². The lowest BCUT2D eigenvalue weighted by molar-refractivity contribution is 0.00218. The summed E-state index contributed by atoms with van der Waals surface area (Å²) in [6.07, 6.45) is 3.85. The first-order chi connectivity index (χ1) is 8.28. The third-order valence-electron chi connectivity index (χ3n) is 3.59. The predicted molar refractivity (Wildman–Crippen MR) is 72.8 cm³/mol. The summed E-state index contributed by atoms with van der Waals surface area (Å²) in [7, 11) is 1.68. The molecule has 1 aliphatic rings. The highest BCUT2D eigenvalue weighted by Gasteiger charge is 2.35. The third kappa shape index (κ3) is 3.17. The van der Waals surface area contributed by atoms with Crippen LogP contribution in [0.5, 0.6) is 5.75 Å². The van der Waals surface area contributed by atoms with Gasteiger partial charge in [0.2, 0.25) is 0 Å². The molecule has 1 fully saturated rings. The molecule has 0 amide bonds. The van der Waals surface area contributed by atoms with Crippen LogP contribution in [0, 0.1) is 5.41 Å². The van der Waals surface area contributed by atoms with Crippen molar-refractivity contribution in [3.8, 4) is 5.75 Å². The fraction of sp³-hybridized carbons (Fsp3) is 0.571. The zero-order chi connectivity index (χ0) is 12.1. The van der Waals surface area contributed by atoms with Gasteiger partial charge in [-0.15, -0.1) is 0 Å². The van der Waals surface area contributed by atoms with Crippen molar-refractivity contribution in [3.63, 3.8) is 0 Å². The van der Waals surface area contributed by atoms with Crippen LogP contribution in [0.3, 0.4) is 0 Å². The van der Waals surface area contributed by atoms with Crippen LogP contribution in [0.15, 0.2) is 24.3 Å². The number of hydrogen-bond acceptors (Lipinski definition) is 3. The number of thiol groups is 1. The summed E-state index contributed by atoms with van der Waals surface area (Å²) in [6.45, 7) is 1.52. The van der Waals surface area contributed by atoms with Crippen molar-refractivity contribution in [1.82, 2.24) is 0 Å². The van der Waals surface area contributed by atoms with Crippen molar-refractivity contribution < 1.29 is 9.47 Å². The van der Waals surface area contributed by atoms with E-state index in [0.29, 0.717) is 12.0 Å². The Kier molecular flexibility index (Phi) is 4.35. The molecule has 0 unspecified atom stereocenters. The van der Waals surface area contributed by atoms with Crippen molar-refractivity contribution in [1.29, 1.82) is 0 Å². The SMILES string of the molecule is COc1ccc(COCC2(CS)CCC2)cc1. The molecule has 94 valence electrons. The van der Waals surface area contributed by atoms with E-state index in [0.717, 1.165) is 18.1 Å². The Bertz CT molecular complexity index is 338. The van der Waals surface area contributed by atoms with Gasteiger partial charge in [-0.2, -0.15) is 12.6 Å². The van der Waals surface area contributed by atoms with Gasteiger partial charge in [0, 0.05) is 5.41 Å². The Morgan fingerprint density at radius 2 is 1.94 bits per heavy atom. The minimum absolute atomic E-state index is 0.357. The number of rotatable bonds is 6. The molecule has 0 radical (unpaired) electrons. The molecule has 0 aliphatic heterocycles. The van der Waals surface area contributed by atoms with Crippen LogP contribution in [0.4, 0.5) is 0 Å². The Hall–Kier alpha value is -0.670. The van der Waals surface area contributed by atoms with E-state index in [1.807, 2.05) is 24.3 Å².